The van der Waals surface area contributed by atoms with Crippen LogP contribution in [0.5, 0.6) is 5.75 Å². The molecule has 0 atom stereocenters. The molecule has 5 nitrogen and oxygen atoms in total. The normalized spacial score (nSPS) is 13.6. The summed E-state index contributed by atoms with van der Waals surface area (Å²) < 4.78 is 11.2. The van der Waals surface area contributed by atoms with Crippen LogP contribution in [-0.2, 0) is 17.6 Å². The van der Waals surface area contributed by atoms with Gasteiger partial charge in [0.2, 0.25) is 0 Å². The highest BCUT2D eigenvalue weighted by Gasteiger charge is 2.20. The number of carbonyl (C=O) groups is 1. The average molecular weight is 329 g/mol. The largest absolute Gasteiger partial charge is 0.483 e. The summed E-state index contributed by atoms with van der Waals surface area (Å²) in [6.07, 6.45) is 3.84. The Kier molecular flexibility index (Phi) is 4.60. The molecule has 0 unspecified atom stereocenters. The minimum absolute atomic E-state index is 0.0220. The van der Waals surface area contributed by atoms with E-state index in [0.29, 0.717) is 17.9 Å². The summed E-state index contributed by atoms with van der Waals surface area (Å²) >= 11 is 0. The predicted octanol–water partition coefficient (Wildman–Crippen LogP) is 2.84. The number of amides is 1. The smallest absolute Gasteiger partial charge is 0.339 e. The molecule has 0 aliphatic heterocycles. The van der Waals surface area contributed by atoms with Crippen LogP contribution < -0.4 is 10.4 Å². The molecular formula is C19H23NO4. The van der Waals surface area contributed by atoms with Crippen molar-refractivity contribution in [3.8, 4) is 5.75 Å². The summed E-state index contributed by atoms with van der Waals surface area (Å²) in [6, 6.07) is 3.81. The highest BCUT2D eigenvalue weighted by atomic mass is 16.5. The van der Waals surface area contributed by atoms with Gasteiger partial charge in [-0.2, -0.15) is 0 Å². The van der Waals surface area contributed by atoms with Gasteiger partial charge in [0.15, 0.2) is 6.61 Å². The molecule has 0 bridgehead atoms. The van der Waals surface area contributed by atoms with Crippen molar-refractivity contribution >= 4 is 16.9 Å². The maximum absolute atomic E-state index is 12.3. The number of benzene rings is 1. The zero-order valence-corrected chi connectivity index (χ0v) is 14.5. The molecule has 0 saturated heterocycles. The van der Waals surface area contributed by atoms with Crippen LogP contribution in [0.15, 0.2) is 21.3 Å². The van der Waals surface area contributed by atoms with Crippen molar-refractivity contribution in [3.63, 3.8) is 0 Å². The van der Waals surface area contributed by atoms with E-state index < -0.39 is 0 Å². The van der Waals surface area contributed by atoms with Gasteiger partial charge in [0.1, 0.15) is 11.3 Å². The summed E-state index contributed by atoms with van der Waals surface area (Å²) in [5, 5.41) is 0.992. The third-order valence-electron chi connectivity index (χ3n) is 4.84. The molecule has 128 valence electrons. The Bertz CT molecular complexity index is 837. The standard InChI is InChI=1S/C19H23NO4/c1-4-20(3)17(21)11-23-16-10-9-14-13-7-5-6-8-15(13)19(22)24-18(14)12(16)2/h9-10H,4-8,11H2,1-3H3. The molecule has 1 aliphatic rings. The van der Waals surface area contributed by atoms with Crippen LogP contribution >= 0.6 is 0 Å². The minimum atomic E-state index is -0.237. The van der Waals surface area contributed by atoms with Crippen LogP contribution in [0.1, 0.15) is 36.5 Å². The van der Waals surface area contributed by atoms with Crippen molar-refractivity contribution in [3.05, 3.63) is 39.2 Å². The molecule has 1 amide bonds. The summed E-state index contributed by atoms with van der Waals surface area (Å²) in [6.45, 7) is 4.40. The van der Waals surface area contributed by atoms with Gasteiger partial charge in [-0.05, 0) is 57.2 Å². The van der Waals surface area contributed by atoms with Crippen molar-refractivity contribution in [1.29, 1.82) is 0 Å². The molecule has 2 aromatic rings. The molecule has 24 heavy (non-hydrogen) atoms. The van der Waals surface area contributed by atoms with Gasteiger partial charge in [-0.1, -0.05) is 0 Å². The quantitative estimate of drug-likeness (QED) is 0.809. The topological polar surface area (TPSA) is 59.8 Å². The van der Waals surface area contributed by atoms with E-state index in [0.717, 1.165) is 47.8 Å². The highest BCUT2D eigenvalue weighted by Crippen LogP contribution is 2.32. The summed E-state index contributed by atoms with van der Waals surface area (Å²) in [5.74, 6) is 0.503. The first-order valence-electron chi connectivity index (χ1n) is 8.47. The first kappa shape index (κ1) is 16.6. The SMILES string of the molecule is CCN(C)C(=O)COc1ccc2c3c(c(=O)oc2c1C)CCCC3. The molecule has 0 saturated carbocycles. The summed E-state index contributed by atoms with van der Waals surface area (Å²) in [5.41, 5.74) is 3.05. The third kappa shape index (κ3) is 2.90. The Labute approximate surface area is 141 Å². The third-order valence-corrected chi connectivity index (χ3v) is 4.84. The van der Waals surface area contributed by atoms with Crippen LogP contribution in [0.25, 0.3) is 11.0 Å². The molecule has 0 spiro atoms. The monoisotopic (exact) mass is 329 g/mol. The number of ether oxygens (including phenoxy) is 1. The van der Waals surface area contributed by atoms with Crippen LogP contribution in [0, 0.1) is 6.92 Å². The van der Waals surface area contributed by atoms with E-state index >= 15 is 0 Å². The Balaban J connectivity index is 1.97. The molecule has 1 aliphatic carbocycles. The second-order valence-corrected chi connectivity index (χ2v) is 6.32. The van der Waals surface area contributed by atoms with E-state index in [2.05, 4.69) is 0 Å². The number of fused-ring (bicyclic) bond motifs is 3. The van der Waals surface area contributed by atoms with Crippen molar-refractivity contribution in [2.45, 2.75) is 39.5 Å². The Morgan fingerprint density at radius 1 is 1.25 bits per heavy atom. The molecule has 0 radical (unpaired) electrons. The predicted molar refractivity (Wildman–Crippen MR) is 92.7 cm³/mol. The van der Waals surface area contributed by atoms with E-state index in [1.165, 1.54) is 0 Å². The van der Waals surface area contributed by atoms with Crippen LogP contribution in [-0.4, -0.2) is 31.0 Å². The zero-order chi connectivity index (χ0) is 17.3. The number of hydrogen-bond donors (Lipinski definition) is 0. The fraction of sp³-hybridized carbons (Fsp3) is 0.474. The average Bonchev–Trinajstić information content (AvgIpc) is 2.61. The van der Waals surface area contributed by atoms with Crippen molar-refractivity contribution < 1.29 is 13.9 Å². The summed E-state index contributed by atoms with van der Waals surface area (Å²) in [4.78, 5) is 25.8. The van der Waals surface area contributed by atoms with Gasteiger partial charge in [-0.25, -0.2) is 4.79 Å². The number of nitrogens with zero attached hydrogens (tertiary/aromatic N) is 1. The summed E-state index contributed by atoms with van der Waals surface area (Å²) in [7, 11) is 1.74. The number of carbonyl (C=O) groups excluding carboxylic acids is 1. The second-order valence-electron chi connectivity index (χ2n) is 6.32. The highest BCUT2D eigenvalue weighted by molar-refractivity contribution is 5.86. The van der Waals surface area contributed by atoms with Gasteiger partial charge in [-0.3, -0.25) is 4.79 Å². The first-order valence-corrected chi connectivity index (χ1v) is 8.47. The number of rotatable bonds is 4. The Morgan fingerprint density at radius 3 is 2.67 bits per heavy atom. The van der Waals surface area contributed by atoms with E-state index in [4.69, 9.17) is 9.15 Å². The fourth-order valence-corrected chi connectivity index (χ4v) is 3.21. The van der Waals surface area contributed by atoms with Gasteiger partial charge < -0.3 is 14.1 Å². The molecule has 1 aromatic heterocycles. The molecule has 5 heteroatoms. The maximum atomic E-state index is 12.3. The van der Waals surface area contributed by atoms with Gasteiger partial charge in [0.05, 0.1) is 0 Å². The number of likely N-dealkylation sites (N-methyl/N-ethyl adjacent to an activating group) is 1. The van der Waals surface area contributed by atoms with Gasteiger partial charge in [0.25, 0.3) is 5.91 Å². The van der Waals surface area contributed by atoms with E-state index in [9.17, 15) is 9.59 Å². The van der Waals surface area contributed by atoms with E-state index in [-0.39, 0.29) is 18.1 Å². The molecular weight excluding hydrogens is 306 g/mol. The lowest BCUT2D eigenvalue weighted by Gasteiger charge is -2.18. The zero-order valence-electron chi connectivity index (χ0n) is 14.5. The van der Waals surface area contributed by atoms with Crippen molar-refractivity contribution in [2.75, 3.05) is 20.2 Å². The first-order chi connectivity index (χ1) is 11.5. The molecule has 0 N–H and O–H groups in total. The van der Waals surface area contributed by atoms with E-state index in [1.807, 2.05) is 26.0 Å². The molecule has 1 aromatic carbocycles. The molecule has 1 heterocycles. The lowest BCUT2D eigenvalue weighted by Crippen LogP contribution is -2.31. The van der Waals surface area contributed by atoms with Gasteiger partial charge in [-0.15, -0.1) is 0 Å². The van der Waals surface area contributed by atoms with Gasteiger partial charge in [0, 0.05) is 30.1 Å². The van der Waals surface area contributed by atoms with Gasteiger partial charge >= 0.3 is 5.63 Å². The fourth-order valence-electron chi connectivity index (χ4n) is 3.21. The van der Waals surface area contributed by atoms with Crippen LogP contribution in [0.4, 0.5) is 0 Å². The lowest BCUT2D eigenvalue weighted by atomic mass is 9.90. The van der Waals surface area contributed by atoms with Crippen molar-refractivity contribution in [2.24, 2.45) is 0 Å². The minimum Gasteiger partial charge on any atom is -0.483 e. The number of aryl methyl sites for hydroxylation is 2. The van der Waals surface area contributed by atoms with E-state index in [1.54, 1.807) is 11.9 Å². The van der Waals surface area contributed by atoms with Crippen molar-refractivity contribution in [1.82, 2.24) is 4.90 Å². The van der Waals surface area contributed by atoms with Crippen LogP contribution in [0.2, 0.25) is 0 Å². The second kappa shape index (κ2) is 6.67. The maximum Gasteiger partial charge on any atom is 0.339 e. The Morgan fingerprint density at radius 2 is 1.96 bits per heavy atom. The Hall–Kier alpha value is -2.30. The lowest BCUT2D eigenvalue weighted by molar-refractivity contribution is -0.131. The molecule has 3 rings (SSSR count). The number of hydrogen-bond acceptors (Lipinski definition) is 4. The molecule has 0 fully saturated rings. The van der Waals surface area contributed by atoms with Crippen LogP contribution in [0.3, 0.4) is 0 Å².